The first kappa shape index (κ1) is 72.4. The first-order valence-electron chi connectivity index (χ1n) is 26.9. The molecule has 12 atom stereocenters. The number of carboxylic acids is 1. The maximum absolute atomic E-state index is 14.3. The number of hydrogen-bond donors (Lipinski definition) is 18. The van der Waals surface area contributed by atoms with Crippen LogP contribution in [-0.4, -0.2) is 168 Å². The molecule has 0 radical (unpaired) electrons. The molecule has 0 saturated heterocycles. The molecule has 31 heteroatoms. The number of aliphatic hydroxyl groups excluding tert-OH is 1. The minimum Gasteiger partial charge on any atom is -0.480 e. The first-order valence-corrected chi connectivity index (χ1v) is 26.9. The molecular weight excluding hydrogens is 1050 g/mol. The first-order chi connectivity index (χ1) is 37.4. The molecule has 0 aliphatic heterocycles. The van der Waals surface area contributed by atoms with Gasteiger partial charge in [0.15, 0.2) is 17.9 Å². The Labute approximate surface area is 467 Å². The Hall–Kier alpha value is -7.57. The number of hydrogen-bond acceptors (Lipinski definition) is 15. The second kappa shape index (κ2) is 38.1. The summed E-state index contributed by atoms with van der Waals surface area (Å²) in [4.78, 5) is 147. The standard InChI is InChI=1S/C49H93N19O12/c1-9-25(6)35(66-38(71)28(50)15-12-18-58-47(52)53)45(78)65-33(23-69)42(75)63-32(22-34(51)70)40(73)61-29(16-13-19-59-48(54)55)39(72)67-37(27(8)11-3)44(77)64-31(21-24(4)5)41(74)68-36(26(7)10-2)43(76)62-30(46(79)80)17-14-20-60-49(56)57/h24-33,35-37,69H,9-23,50H2,1-8H3,(H2,51,70)(H,61,73)(H,62,76)(H,63,75)(H,64,77)(H,65,78)(H,66,71)(H,67,72)(H,68,74)(H,79,80)(H4,52,53,58)(H4,54,55,59)(H4,56,57,60)/t25-,26-,27-,28-,29-,30-,31-,32-,33-,35-,36-,37-/m0/s1. The number of amides is 9. The lowest BCUT2D eigenvalue weighted by Gasteiger charge is -2.31. The number of aliphatic hydroxyl groups is 1. The van der Waals surface area contributed by atoms with Gasteiger partial charge in [0.2, 0.25) is 53.2 Å². The molecule has 26 N–H and O–H groups in total. The molecule has 0 fully saturated rings. The number of carboxylic acid groups (broad SMARTS) is 1. The topological polar surface area (TPSA) is 553 Å². The summed E-state index contributed by atoms with van der Waals surface area (Å²) in [5, 5.41) is 40.4. The number of guanidine groups is 3. The predicted octanol–water partition coefficient (Wildman–Crippen LogP) is -5.51. The SMILES string of the molecule is CC[C@H](C)[C@H](NC(=O)[C@H](CC(C)C)NC(=O)[C@@H](NC(=O)[C@H](CCCN=C(N)N)NC(=O)[C@H](CC(N)=O)NC(=O)[C@H](CO)NC(=O)[C@@H](NC(=O)[C@@H](N)CCCN=C(N)N)[C@@H](C)CC)[C@@H](C)CC)C(=O)N[C@@H](CCCN=C(N)N)C(=O)O. The number of nitrogens with two attached hydrogens (primary N) is 8. The van der Waals surface area contributed by atoms with E-state index in [9.17, 15) is 58.2 Å². The highest BCUT2D eigenvalue weighted by molar-refractivity contribution is 5.99. The maximum atomic E-state index is 14.3. The molecule has 31 nitrogen and oxygen atoms in total. The van der Waals surface area contributed by atoms with Crippen molar-refractivity contribution in [2.24, 2.45) is 84.5 Å². The number of nitrogens with one attached hydrogen (secondary N) is 8. The number of carbonyl (C=O) groups excluding carboxylic acids is 9. The van der Waals surface area contributed by atoms with E-state index in [1.807, 2.05) is 0 Å². The Balaban J connectivity index is 6.76. The molecule has 0 aromatic heterocycles. The normalized spacial score (nSPS) is 15.5. The van der Waals surface area contributed by atoms with Crippen molar-refractivity contribution in [2.45, 2.75) is 180 Å². The summed E-state index contributed by atoms with van der Waals surface area (Å²) in [6.07, 6.45) is 0.848. The zero-order valence-electron chi connectivity index (χ0n) is 47.5. The Morgan fingerprint density at radius 1 is 0.425 bits per heavy atom. The number of primary amides is 1. The van der Waals surface area contributed by atoms with Crippen LogP contribution in [0.4, 0.5) is 0 Å². The van der Waals surface area contributed by atoms with Crippen LogP contribution < -0.4 is 88.4 Å². The molecular formula is C49H93N19O12. The molecule has 0 bridgehead atoms. The van der Waals surface area contributed by atoms with Gasteiger partial charge in [-0.05, 0) is 68.6 Å². The fourth-order valence-electron chi connectivity index (χ4n) is 7.69. The Bertz CT molecular complexity index is 2130. The van der Waals surface area contributed by atoms with Gasteiger partial charge in [-0.3, -0.25) is 58.1 Å². The van der Waals surface area contributed by atoms with Crippen LogP contribution in [-0.2, 0) is 47.9 Å². The van der Waals surface area contributed by atoms with Crippen LogP contribution >= 0.6 is 0 Å². The number of aliphatic imine (C=N–C) groups is 3. The van der Waals surface area contributed by atoms with Crippen molar-refractivity contribution in [2.75, 3.05) is 26.2 Å². The van der Waals surface area contributed by atoms with Gasteiger partial charge < -0.3 is 98.6 Å². The highest BCUT2D eigenvalue weighted by Crippen LogP contribution is 2.16. The van der Waals surface area contributed by atoms with Gasteiger partial charge >= 0.3 is 5.97 Å². The van der Waals surface area contributed by atoms with Crippen molar-refractivity contribution in [1.82, 2.24) is 42.5 Å². The third-order valence-corrected chi connectivity index (χ3v) is 13.0. The van der Waals surface area contributed by atoms with Crippen LogP contribution in [0.15, 0.2) is 15.0 Å². The fourth-order valence-corrected chi connectivity index (χ4v) is 7.69. The Morgan fingerprint density at radius 3 is 1.12 bits per heavy atom. The Kier molecular flexibility index (Phi) is 34.5. The van der Waals surface area contributed by atoms with Crippen LogP contribution in [0.1, 0.15) is 126 Å². The van der Waals surface area contributed by atoms with Gasteiger partial charge in [0.1, 0.15) is 48.3 Å². The monoisotopic (exact) mass is 1140 g/mol. The van der Waals surface area contributed by atoms with E-state index in [1.54, 1.807) is 55.4 Å². The zero-order chi connectivity index (χ0) is 61.4. The lowest BCUT2D eigenvalue weighted by atomic mass is 9.95. The van der Waals surface area contributed by atoms with Gasteiger partial charge in [-0.1, -0.05) is 74.7 Å². The average Bonchev–Trinajstić information content (AvgIpc) is 3.38. The van der Waals surface area contributed by atoms with Gasteiger partial charge in [-0.2, -0.15) is 0 Å². The number of nitrogens with zero attached hydrogens (tertiary/aromatic N) is 3. The number of aliphatic carboxylic acids is 1. The van der Waals surface area contributed by atoms with Gasteiger partial charge in [0.05, 0.1) is 19.1 Å². The summed E-state index contributed by atoms with van der Waals surface area (Å²) in [5.74, 6) is -12.0. The fraction of sp³-hybridized carbons (Fsp3) is 0.735. The Morgan fingerprint density at radius 2 is 0.750 bits per heavy atom. The van der Waals surface area contributed by atoms with Gasteiger partial charge in [0.25, 0.3) is 0 Å². The maximum Gasteiger partial charge on any atom is 0.326 e. The van der Waals surface area contributed by atoms with Gasteiger partial charge in [-0.15, -0.1) is 0 Å². The molecule has 0 aliphatic carbocycles. The molecule has 0 heterocycles. The molecule has 0 rings (SSSR count). The van der Waals surface area contributed by atoms with E-state index in [1.165, 1.54) is 0 Å². The van der Waals surface area contributed by atoms with Crippen molar-refractivity contribution in [3.05, 3.63) is 0 Å². The van der Waals surface area contributed by atoms with Crippen LogP contribution in [0.25, 0.3) is 0 Å². The molecule has 0 unspecified atom stereocenters. The molecule has 0 saturated carbocycles. The number of carbonyl (C=O) groups is 10. The smallest absolute Gasteiger partial charge is 0.326 e. The lowest BCUT2D eigenvalue weighted by molar-refractivity contribution is -0.143. The van der Waals surface area contributed by atoms with E-state index in [0.717, 1.165) is 0 Å². The molecule has 0 aromatic carbocycles. The van der Waals surface area contributed by atoms with E-state index >= 15 is 0 Å². The van der Waals surface area contributed by atoms with Crippen LogP contribution in [0.3, 0.4) is 0 Å². The van der Waals surface area contributed by atoms with E-state index in [0.29, 0.717) is 25.7 Å². The lowest BCUT2D eigenvalue weighted by Crippen LogP contribution is -2.62. The van der Waals surface area contributed by atoms with Crippen molar-refractivity contribution in [3.8, 4) is 0 Å². The van der Waals surface area contributed by atoms with Crippen molar-refractivity contribution < 1.29 is 58.2 Å². The van der Waals surface area contributed by atoms with E-state index in [-0.39, 0.29) is 82.0 Å². The molecule has 9 amide bonds. The molecule has 0 aliphatic rings. The molecule has 0 aromatic rings. The average molecular weight is 1140 g/mol. The van der Waals surface area contributed by atoms with Crippen LogP contribution in [0.2, 0.25) is 0 Å². The van der Waals surface area contributed by atoms with E-state index in [4.69, 9.17) is 45.9 Å². The third kappa shape index (κ3) is 28.4. The molecule has 456 valence electrons. The van der Waals surface area contributed by atoms with Crippen molar-refractivity contribution >= 4 is 77.0 Å². The van der Waals surface area contributed by atoms with Crippen LogP contribution in [0, 0.1) is 23.7 Å². The summed E-state index contributed by atoms with van der Waals surface area (Å²) in [7, 11) is 0. The van der Waals surface area contributed by atoms with E-state index in [2.05, 4.69) is 57.5 Å². The molecule has 80 heavy (non-hydrogen) atoms. The zero-order valence-corrected chi connectivity index (χ0v) is 47.5. The van der Waals surface area contributed by atoms with Crippen LogP contribution in [0.5, 0.6) is 0 Å². The quantitative estimate of drug-likeness (QED) is 0.0155. The van der Waals surface area contributed by atoms with Gasteiger partial charge in [-0.25, -0.2) is 4.79 Å². The second-order valence-electron chi connectivity index (χ2n) is 20.2. The highest BCUT2D eigenvalue weighted by atomic mass is 16.4. The van der Waals surface area contributed by atoms with Crippen molar-refractivity contribution in [1.29, 1.82) is 0 Å². The summed E-state index contributed by atoms with van der Waals surface area (Å²) in [6.45, 7) is 13.1. The third-order valence-electron chi connectivity index (χ3n) is 13.0. The highest BCUT2D eigenvalue weighted by Gasteiger charge is 2.38. The number of rotatable bonds is 40. The summed E-state index contributed by atoms with van der Waals surface area (Å²) < 4.78 is 0. The molecule has 0 spiro atoms. The predicted molar refractivity (Wildman–Crippen MR) is 300 cm³/mol. The summed E-state index contributed by atoms with van der Waals surface area (Å²) in [5.41, 5.74) is 43.9. The summed E-state index contributed by atoms with van der Waals surface area (Å²) in [6, 6.07) is -12.6. The second-order valence-corrected chi connectivity index (χ2v) is 20.2. The van der Waals surface area contributed by atoms with Crippen molar-refractivity contribution in [3.63, 3.8) is 0 Å². The largest absolute Gasteiger partial charge is 0.480 e. The van der Waals surface area contributed by atoms with Gasteiger partial charge in [0, 0.05) is 19.6 Å². The minimum atomic E-state index is -1.81. The minimum absolute atomic E-state index is 0.0297. The van der Waals surface area contributed by atoms with E-state index < -0.39 is 144 Å². The summed E-state index contributed by atoms with van der Waals surface area (Å²) >= 11 is 0.